The summed E-state index contributed by atoms with van der Waals surface area (Å²) in [6.45, 7) is 5.05. The minimum Gasteiger partial charge on any atom is -0.389 e. The Morgan fingerprint density at radius 1 is 1.32 bits per heavy atom. The van der Waals surface area contributed by atoms with Gasteiger partial charge in [-0.15, -0.1) is 0 Å². The number of aliphatic hydroxyl groups excluding tert-OH is 1. The van der Waals surface area contributed by atoms with E-state index >= 15 is 0 Å². The average molecular weight is 266 g/mol. The van der Waals surface area contributed by atoms with Gasteiger partial charge in [-0.25, -0.2) is 0 Å². The highest BCUT2D eigenvalue weighted by Crippen LogP contribution is 2.14. The molecule has 19 heavy (non-hydrogen) atoms. The van der Waals surface area contributed by atoms with Crippen LogP contribution in [0.5, 0.6) is 0 Å². The lowest BCUT2D eigenvalue weighted by Gasteiger charge is -2.22. The quantitative estimate of drug-likeness (QED) is 0.667. The maximum Gasteiger partial charge on any atom is 0.0947 e. The minimum absolute atomic E-state index is 0.364. The van der Waals surface area contributed by atoms with Crippen molar-refractivity contribution in [2.45, 2.75) is 26.0 Å². The van der Waals surface area contributed by atoms with Crippen LogP contribution < -0.4 is 10.2 Å². The Balaban J connectivity index is 2.45. The molecule has 1 aromatic carbocycles. The van der Waals surface area contributed by atoms with Crippen LogP contribution in [0.3, 0.4) is 0 Å². The summed E-state index contributed by atoms with van der Waals surface area (Å²) in [5.74, 6) is 0. The van der Waals surface area contributed by atoms with E-state index in [-0.39, 0.29) is 0 Å². The Morgan fingerprint density at radius 3 is 2.58 bits per heavy atom. The number of methoxy groups -OCH3 is 1. The molecular weight excluding hydrogens is 240 g/mol. The summed E-state index contributed by atoms with van der Waals surface area (Å²) < 4.78 is 4.93. The van der Waals surface area contributed by atoms with Gasteiger partial charge in [0.1, 0.15) is 0 Å². The summed E-state index contributed by atoms with van der Waals surface area (Å²) in [7, 11) is 3.57. The van der Waals surface area contributed by atoms with Crippen molar-refractivity contribution in [1.29, 1.82) is 0 Å². The lowest BCUT2D eigenvalue weighted by atomic mass is 10.2. The summed E-state index contributed by atoms with van der Waals surface area (Å²) in [5, 5.41) is 13.1. The fourth-order valence-corrected chi connectivity index (χ4v) is 1.94. The van der Waals surface area contributed by atoms with E-state index in [1.165, 1.54) is 5.56 Å². The zero-order valence-electron chi connectivity index (χ0n) is 12.2. The second-order valence-corrected chi connectivity index (χ2v) is 4.83. The largest absolute Gasteiger partial charge is 0.389 e. The molecule has 0 spiro atoms. The van der Waals surface area contributed by atoms with Gasteiger partial charge in [0.25, 0.3) is 0 Å². The average Bonchev–Trinajstić information content (AvgIpc) is 2.40. The molecule has 0 radical (unpaired) electrons. The predicted octanol–water partition coefficient (Wildman–Crippen LogP) is 1.63. The Kier molecular flexibility index (Phi) is 7.48. The smallest absolute Gasteiger partial charge is 0.0947 e. The molecule has 1 rings (SSSR count). The van der Waals surface area contributed by atoms with Crippen LogP contribution in [-0.2, 0) is 11.3 Å². The first-order valence-corrected chi connectivity index (χ1v) is 6.85. The molecule has 1 atom stereocenters. The Bertz CT molecular complexity index is 341. The fourth-order valence-electron chi connectivity index (χ4n) is 1.94. The molecule has 0 aliphatic rings. The van der Waals surface area contributed by atoms with Gasteiger partial charge in [0.15, 0.2) is 0 Å². The SMILES string of the molecule is CCCNCc1ccc(N(C)CC(O)COC)cc1. The predicted molar refractivity (Wildman–Crippen MR) is 79.6 cm³/mol. The van der Waals surface area contributed by atoms with Crippen molar-refractivity contribution in [1.82, 2.24) is 5.32 Å². The summed E-state index contributed by atoms with van der Waals surface area (Å²) in [6.07, 6.45) is 0.693. The normalized spacial score (nSPS) is 12.4. The molecule has 0 bridgehead atoms. The van der Waals surface area contributed by atoms with Gasteiger partial charge in [-0.1, -0.05) is 19.1 Å². The minimum atomic E-state index is -0.458. The van der Waals surface area contributed by atoms with Crippen molar-refractivity contribution in [3.63, 3.8) is 0 Å². The Hall–Kier alpha value is -1.10. The number of nitrogens with zero attached hydrogens (tertiary/aromatic N) is 1. The van der Waals surface area contributed by atoms with E-state index in [1.54, 1.807) is 7.11 Å². The maximum absolute atomic E-state index is 9.70. The van der Waals surface area contributed by atoms with Gasteiger partial charge < -0.3 is 20.1 Å². The second kappa shape index (κ2) is 8.91. The van der Waals surface area contributed by atoms with Gasteiger partial charge >= 0.3 is 0 Å². The van der Waals surface area contributed by atoms with Crippen molar-refractivity contribution in [3.05, 3.63) is 29.8 Å². The molecule has 0 saturated carbocycles. The molecule has 0 heterocycles. The van der Waals surface area contributed by atoms with E-state index < -0.39 is 6.10 Å². The van der Waals surface area contributed by atoms with Crippen LogP contribution in [0.25, 0.3) is 0 Å². The zero-order valence-corrected chi connectivity index (χ0v) is 12.2. The standard InChI is InChI=1S/C15H26N2O2/c1-4-9-16-10-13-5-7-14(8-6-13)17(2)11-15(18)12-19-3/h5-8,15-16,18H,4,9-12H2,1-3H3. The molecule has 0 aliphatic heterocycles. The topological polar surface area (TPSA) is 44.7 Å². The highest BCUT2D eigenvalue weighted by Gasteiger charge is 2.08. The first-order valence-electron chi connectivity index (χ1n) is 6.85. The molecule has 0 aliphatic carbocycles. The number of nitrogens with one attached hydrogen (secondary N) is 1. The van der Waals surface area contributed by atoms with Crippen LogP contribution in [0, 0.1) is 0 Å². The van der Waals surface area contributed by atoms with Crippen LogP contribution >= 0.6 is 0 Å². The van der Waals surface area contributed by atoms with Crippen molar-refractivity contribution in [2.24, 2.45) is 0 Å². The van der Waals surface area contributed by atoms with Crippen LogP contribution in [0.1, 0.15) is 18.9 Å². The molecule has 4 nitrogen and oxygen atoms in total. The fraction of sp³-hybridized carbons (Fsp3) is 0.600. The van der Waals surface area contributed by atoms with Crippen LogP contribution in [0.2, 0.25) is 0 Å². The van der Waals surface area contributed by atoms with Gasteiger partial charge in [0.2, 0.25) is 0 Å². The molecule has 2 N–H and O–H groups in total. The lowest BCUT2D eigenvalue weighted by molar-refractivity contribution is 0.0695. The lowest BCUT2D eigenvalue weighted by Crippen LogP contribution is -2.31. The third kappa shape index (κ3) is 6.05. The molecule has 0 fully saturated rings. The van der Waals surface area contributed by atoms with Crippen molar-refractivity contribution in [2.75, 3.05) is 38.8 Å². The number of hydrogen-bond donors (Lipinski definition) is 2. The van der Waals surface area contributed by atoms with Crippen LogP contribution in [-0.4, -0.2) is 45.1 Å². The Labute approximate surface area is 116 Å². The molecule has 0 amide bonds. The summed E-state index contributed by atoms with van der Waals surface area (Å²) in [5.41, 5.74) is 2.39. The monoisotopic (exact) mass is 266 g/mol. The van der Waals surface area contributed by atoms with Gasteiger partial charge in [-0.3, -0.25) is 0 Å². The van der Waals surface area contributed by atoms with E-state index in [9.17, 15) is 5.11 Å². The van der Waals surface area contributed by atoms with Crippen LogP contribution in [0.15, 0.2) is 24.3 Å². The Morgan fingerprint density at radius 2 is 2.00 bits per heavy atom. The number of likely N-dealkylation sites (N-methyl/N-ethyl adjacent to an activating group) is 1. The summed E-state index contributed by atoms with van der Waals surface area (Å²) >= 11 is 0. The summed E-state index contributed by atoms with van der Waals surface area (Å²) in [6, 6.07) is 8.42. The van der Waals surface area contributed by atoms with Gasteiger partial charge in [-0.05, 0) is 30.7 Å². The van der Waals surface area contributed by atoms with E-state index in [0.29, 0.717) is 13.2 Å². The maximum atomic E-state index is 9.70. The number of hydrogen-bond acceptors (Lipinski definition) is 4. The molecule has 1 aromatic rings. The van der Waals surface area contributed by atoms with Crippen molar-refractivity contribution < 1.29 is 9.84 Å². The molecule has 4 heteroatoms. The highest BCUT2D eigenvalue weighted by atomic mass is 16.5. The van der Waals surface area contributed by atoms with E-state index in [1.807, 2.05) is 11.9 Å². The zero-order chi connectivity index (χ0) is 14.1. The third-order valence-corrected chi connectivity index (χ3v) is 2.98. The highest BCUT2D eigenvalue weighted by molar-refractivity contribution is 5.46. The molecule has 0 aromatic heterocycles. The molecule has 108 valence electrons. The second-order valence-electron chi connectivity index (χ2n) is 4.83. The first-order chi connectivity index (χ1) is 9.17. The number of rotatable bonds is 9. The van der Waals surface area contributed by atoms with E-state index in [0.717, 1.165) is 25.2 Å². The van der Waals surface area contributed by atoms with Gasteiger partial charge in [0.05, 0.1) is 12.7 Å². The van der Waals surface area contributed by atoms with Crippen molar-refractivity contribution >= 4 is 5.69 Å². The summed E-state index contributed by atoms with van der Waals surface area (Å²) in [4.78, 5) is 2.03. The first kappa shape index (κ1) is 16.0. The van der Waals surface area contributed by atoms with Crippen molar-refractivity contribution in [3.8, 4) is 0 Å². The van der Waals surface area contributed by atoms with Gasteiger partial charge in [0, 0.05) is 32.9 Å². The number of ether oxygens (including phenoxy) is 1. The van der Waals surface area contributed by atoms with E-state index in [2.05, 4.69) is 36.5 Å². The number of benzene rings is 1. The molecule has 0 saturated heterocycles. The molecular formula is C15H26N2O2. The number of anilines is 1. The van der Waals surface area contributed by atoms with E-state index in [4.69, 9.17) is 4.74 Å². The molecule has 1 unspecified atom stereocenters. The van der Waals surface area contributed by atoms with Crippen LogP contribution in [0.4, 0.5) is 5.69 Å². The third-order valence-electron chi connectivity index (χ3n) is 2.98. The van der Waals surface area contributed by atoms with Gasteiger partial charge in [-0.2, -0.15) is 0 Å². The number of aliphatic hydroxyl groups is 1.